The third kappa shape index (κ3) is 8.60. The van der Waals surface area contributed by atoms with Crippen LogP contribution >= 0.6 is 23.2 Å². The summed E-state index contributed by atoms with van der Waals surface area (Å²) in [6.07, 6.45) is 0. The van der Waals surface area contributed by atoms with Crippen LogP contribution in [0.15, 0.2) is 94.5 Å². The van der Waals surface area contributed by atoms with Crippen molar-refractivity contribution in [3.05, 3.63) is 127 Å². The van der Waals surface area contributed by atoms with Crippen molar-refractivity contribution in [2.75, 3.05) is 50.1 Å². The summed E-state index contributed by atoms with van der Waals surface area (Å²) in [5.74, 6) is -2.86. The number of nitrogens with zero attached hydrogens (tertiary/aromatic N) is 6. The lowest BCUT2D eigenvalue weighted by molar-refractivity contribution is 0.0976. The van der Waals surface area contributed by atoms with E-state index in [2.05, 4.69) is 0 Å². The van der Waals surface area contributed by atoms with Gasteiger partial charge in [0.15, 0.2) is 11.5 Å². The van der Waals surface area contributed by atoms with Gasteiger partial charge in [-0.3, -0.25) is 19.2 Å². The molecule has 0 atom stereocenters. The molecule has 0 aliphatic carbocycles. The maximum absolute atomic E-state index is 14.7. The van der Waals surface area contributed by atoms with Crippen LogP contribution in [0.5, 0.6) is 11.5 Å². The maximum atomic E-state index is 14.7. The van der Waals surface area contributed by atoms with Crippen molar-refractivity contribution < 1.29 is 34.8 Å². The minimum atomic E-state index is -4.62. The van der Waals surface area contributed by atoms with Gasteiger partial charge >= 0.3 is 20.6 Å². The molecule has 16 nitrogen and oxygen atoms in total. The molecule has 0 saturated carbocycles. The van der Waals surface area contributed by atoms with Crippen LogP contribution in [0.4, 0.5) is 11.4 Å². The predicted octanol–water partition coefficient (Wildman–Crippen LogP) is 6.85. The summed E-state index contributed by atoms with van der Waals surface area (Å²) in [4.78, 5) is 60.1. The molecule has 0 fully saturated rings. The van der Waals surface area contributed by atoms with E-state index < -0.39 is 66.2 Å². The van der Waals surface area contributed by atoms with Gasteiger partial charge in [-0.05, 0) is 61.9 Å². The molecule has 6 aromatic rings. The Balaban J connectivity index is 1.58. The first-order chi connectivity index (χ1) is 30.3. The van der Waals surface area contributed by atoms with Crippen LogP contribution in [0.2, 0.25) is 10.0 Å². The van der Waals surface area contributed by atoms with Gasteiger partial charge < -0.3 is 27.3 Å². The average Bonchev–Trinajstić information content (AvgIpc) is 3.25. The summed E-state index contributed by atoms with van der Waals surface area (Å²) in [6.45, 7) is 6.70. The zero-order valence-electron chi connectivity index (χ0n) is 36.2. The Kier molecular flexibility index (Phi) is 14.0. The van der Waals surface area contributed by atoms with Crippen molar-refractivity contribution in [1.82, 2.24) is 17.7 Å². The fraction of sp³-hybridized carbons (Fsp3) is 0.273. The van der Waals surface area contributed by atoms with E-state index in [1.165, 1.54) is 65.3 Å². The van der Waals surface area contributed by atoms with Gasteiger partial charge in [0, 0.05) is 71.3 Å². The lowest BCUT2D eigenvalue weighted by Crippen LogP contribution is -2.39. The number of halogens is 2. The van der Waals surface area contributed by atoms with Gasteiger partial charge in [0.25, 0.3) is 22.9 Å². The van der Waals surface area contributed by atoms with Crippen molar-refractivity contribution >= 4 is 88.8 Å². The Morgan fingerprint density at radius 3 is 1.66 bits per heavy atom. The van der Waals surface area contributed by atoms with Crippen molar-refractivity contribution in [3.63, 3.8) is 0 Å². The van der Waals surface area contributed by atoms with Crippen LogP contribution in [-0.2, 0) is 34.7 Å². The number of amides is 2. The van der Waals surface area contributed by atoms with E-state index in [0.717, 1.165) is 8.61 Å². The summed E-state index contributed by atoms with van der Waals surface area (Å²) in [5.41, 5.74) is -1.14. The zero-order chi connectivity index (χ0) is 47.0. The van der Waals surface area contributed by atoms with Gasteiger partial charge in [0.05, 0.1) is 31.9 Å². The molecule has 0 aliphatic heterocycles. The number of hydrogen-bond acceptors (Lipinski definition) is 10. The molecule has 0 bridgehead atoms. The predicted molar refractivity (Wildman–Crippen MR) is 251 cm³/mol. The van der Waals surface area contributed by atoms with Crippen LogP contribution in [0.25, 0.3) is 32.9 Å². The summed E-state index contributed by atoms with van der Waals surface area (Å²) < 4.78 is 69.6. The second kappa shape index (κ2) is 18.8. The molecule has 0 radical (unpaired) electrons. The second-order valence-corrected chi connectivity index (χ2v) is 18.6. The molecule has 0 unspecified atom stereocenters. The highest BCUT2D eigenvalue weighted by atomic mass is 35.5. The quantitative estimate of drug-likeness (QED) is 0.106. The first kappa shape index (κ1) is 47.7. The van der Waals surface area contributed by atoms with E-state index in [0.29, 0.717) is 11.3 Å². The fourth-order valence-corrected chi connectivity index (χ4v) is 9.58. The molecule has 0 aliphatic rings. The molecular formula is C44H46Cl2N6O10S2. The number of anilines is 2. The highest BCUT2D eigenvalue weighted by Gasteiger charge is 2.35. The molecule has 2 aromatic heterocycles. The molecule has 0 spiro atoms. The van der Waals surface area contributed by atoms with Gasteiger partial charge in [0.2, 0.25) is 0 Å². The van der Waals surface area contributed by atoms with E-state index in [-0.39, 0.29) is 69.3 Å². The van der Waals surface area contributed by atoms with Crippen molar-refractivity contribution in [2.45, 2.75) is 27.7 Å². The lowest BCUT2D eigenvalue weighted by Gasteiger charge is -2.25. The topological polar surface area (TPSA) is 178 Å². The van der Waals surface area contributed by atoms with Gasteiger partial charge in [0.1, 0.15) is 11.1 Å². The van der Waals surface area contributed by atoms with Crippen LogP contribution in [0, 0.1) is 0 Å². The Hall–Kier alpha value is -5.76. The summed E-state index contributed by atoms with van der Waals surface area (Å²) in [7, 11) is -3.84. The van der Waals surface area contributed by atoms with Crippen LogP contribution in [0.1, 0.15) is 48.4 Å². The number of carbonyl (C=O) groups excluding carboxylic acids is 2. The Morgan fingerprint density at radius 2 is 1.11 bits per heavy atom. The number of carbonyl (C=O) groups is 2. The Morgan fingerprint density at radius 1 is 0.609 bits per heavy atom. The number of aryl methyl sites for hydroxylation is 2. The standard InChI is InChI=1S/C44H46Cl2N6O10S2/c1-9-50(10-2)64(59,60)62-40-35-33(49(8)42(54)37(40)43(55)51(11-3)28-19-14-13-15-20-28)25-24-30(38(35)46)27-18-16-21-29(26-27)52(12-4)44(56)36-39(61-63(57,58)47(5)6)34-31(45)22-17-23-32(34)48(7)41(36)53/h13-26H,9-12H2,1-8H3. The number of fused-ring (bicyclic) bond motifs is 2. The minimum absolute atomic E-state index is 0.0197. The number of pyridine rings is 2. The van der Waals surface area contributed by atoms with Crippen molar-refractivity contribution in [3.8, 4) is 22.6 Å². The molecule has 338 valence electrons. The van der Waals surface area contributed by atoms with Crippen molar-refractivity contribution in [1.29, 1.82) is 0 Å². The summed E-state index contributed by atoms with van der Waals surface area (Å²) in [6, 6.07) is 22.7. The van der Waals surface area contributed by atoms with Gasteiger partial charge in [-0.1, -0.05) is 79.5 Å². The number of para-hydroxylation sites is 1. The largest absolute Gasteiger partial charge is 0.385 e. The molecular weight excluding hydrogens is 908 g/mol. The Bertz CT molecular complexity index is 3170. The van der Waals surface area contributed by atoms with Gasteiger partial charge in [-0.15, -0.1) is 0 Å². The van der Waals surface area contributed by atoms with Crippen molar-refractivity contribution in [2.24, 2.45) is 14.1 Å². The first-order valence-electron chi connectivity index (χ1n) is 20.0. The minimum Gasteiger partial charge on any atom is -0.369 e. The van der Waals surface area contributed by atoms with Crippen LogP contribution in [0.3, 0.4) is 0 Å². The maximum Gasteiger partial charge on any atom is 0.385 e. The summed E-state index contributed by atoms with van der Waals surface area (Å²) >= 11 is 13.9. The highest BCUT2D eigenvalue weighted by molar-refractivity contribution is 7.85. The van der Waals surface area contributed by atoms with Crippen LogP contribution in [-0.4, -0.2) is 86.7 Å². The number of aromatic nitrogens is 2. The second-order valence-electron chi connectivity index (χ2n) is 14.5. The van der Waals surface area contributed by atoms with E-state index in [1.807, 2.05) is 0 Å². The SMILES string of the molecule is CCN(C(=O)c1c(OS(=O)(=O)N(C)C)c2c(Cl)cccc2n(C)c1=O)c1cccc(-c2ccc3c(c2Cl)c(OS(=O)(=O)N(CC)CC)c(C(=O)N(CC)c2ccccc2)c(=O)n3C)c1. The lowest BCUT2D eigenvalue weighted by atomic mass is 10.00. The molecule has 64 heavy (non-hydrogen) atoms. The molecule has 2 amide bonds. The van der Waals surface area contributed by atoms with E-state index in [1.54, 1.807) is 94.4 Å². The molecule has 4 aromatic carbocycles. The molecule has 0 N–H and O–H groups in total. The van der Waals surface area contributed by atoms with E-state index >= 15 is 0 Å². The van der Waals surface area contributed by atoms with Gasteiger partial charge in [-0.2, -0.15) is 25.4 Å². The number of rotatable bonds is 15. The number of benzene rings is 4. The Labute approximate surface area is 380 Å². The third-order valence-electron chi connectivity index (χ3n) is 10.7. The number of hydrogen-bond donors (Lipinski definition) is 0. The fourth-order valence-electron chi connectivity index (χ4n) is 7.33. The summed E-state index contributed by atoms with van der Waals surface area (Å²) in [5, 5.41) is -0.102. The normalized spacial score (nSPS) is 12.0. The first-order valence-corrected chi connectivity index (χ1v) is 23.5. The van der Waals surface area contributed by atoms with E-state index in [4.69, 9.17) is 31.6 Å². The smallest absolute Gasteiger partial charge is 0.369 e. The average molecular weight is 954 g/mol. The molecule has 6 rings (SSSR count). The zero-order valence-corrected chi connectivity index (χ0v) is 39.4. The molecule has 2 heterocycles. The molecule has 0 saturated heterocycles. The monoisotopic (exact) mass is 952 g/mol. The van der Waals surface area contributed by atoms with Crippen LogP contribution < -0.4 is 29.3 Å². The van der Waals surface area contributed by atoms with E-state index in [9.17, 15) is 36.0 Å². The highest BCUT2D eigenvalue weighted by Crippen LogP contribution is 2.42. The van der Waals surface area contributed by atoms with Gasteiger partial charge in [-0.25, -0.2) is 0 Å². The molecule has 20 heteroatoms. The third-order valence-corrected chi connectivity index (χ3v) is 14.2.